The predicted molar refractivity (Wildman–Crippen MR) is 46.8 cm³/mol. The Bertz CT molecular complexity index is 315. The maximum atomic E-state index is 10.3. The summed E-state index contributed by atoms with van der Waals surface area (Å²) < 4.78 is 0. The Morgan fingerprint density at radius 2 is 1.85 bits per heavy atom. The van der Waals surface area contributed by atoms with Gasteiger partial charge < -0.3 is 5.11 Å². The predicted octanol–water partition coefficient (Wildman–Crippen LogP) is 1.09. The normalized spacial score (nSPS) is 41.6. The van der Waals surface area contributed by atoms with Crippen LogP contribution < -0.4 is 0 Å². The molecule has 2 unspecified atom stereocenters. The molecule has 0 radical (unpaired) electrons. The van der Waals surface area contributed by atoms with Gasteiger partial charge in [-0.1, -0.05) is 6.42 Å². The van der Waals surface area contributed by atoms with E-state index in [2.05, 4.69) is 9.97 Å². The summed E-state index contributed by atoms with van der Waals surface area (Å²) in [6.07, 6.45) is 8.58. The molecule has 2 fully saturated rings. The molecule has 3 heteroatoms. The molecule has 2 atom stereocenters. The topological polar surface area (TPSA) is 46.0 Å². The van der Waals surface area contributed by atoms with Crippen molar-refractivity contribution in [2.24, 2.45) is 11.8 Å². The summed E-state index contributed by atoms with van der Waals surface area (Å²) in [6.45, 7) is 0. The lowest BCUT2D eigenvalue weighted by Gasteiger charge is -2.12. The zero-order valence-corrected chi connectivity index (χ0v) is 7.35. The Balaban J connectivity index is 1.95. The van der Waals surface area contributed by atoms with Crippen LogP contribution >= 0.6 is 0 Å². The van der Waals surface area contributed by atoms with Gasteiger partial charge in [-0.05, 0) is 24.7 Å². The summed E-state index contributed by atoms with van der Waals surface area (Å²) in [4.78, 5) is 7.89. The van der Waals surface area contributed by atoms with Crippen LogP contribution in [0.15, 0.2) is 18.7 Å². The summed E-state index contributed by atoms with van der Waals surface area (Å²) in [6, 6.07) is 0. The van der Waals surface area contributed by atoms with Gasteiger partial charge in [0.05, 0.1) is 5.60 Å². The number of nitrogens with zero attached hydrogens (tertiary/aromatic N) is 2. The average Bonchev–Trinajstić information content (AvgIpc) is 2.62. The van der Waals surface area contributed by atoms with Crippen LogP contribution in [0.2, 0.25) is 0 Å². The van der Waals surface area contributed by atoms with Crippen LogP contribution in [0.25, 0.3) is 0 Å². The number of rotatable bonds is 1. The van der Waals surface area contributed by atoms with E-state index < -0.39 is 5.60 Å². The smallest absolute Gasteiger partial charge is 0.115 e. The molecule has 3 rings (SSSR count). The second-order valence-corrected chi connectivity index (χ2v) is 4.10. The molecule has 0 amide bonds. The number of fused-ring (bicyclic) bond motifs is 1. The van der Waals surface area contributed by atoms with E-state index in [0.29, 0.717) is 11.8 Å². The Kier molecular flexibility index (Phi) is 1.31. The Hall–Kier alpha value is -0.960. The molecule has 3 nitrogen and oxygen atoms in total. The van der Waals surface area contributed by atoms with Gasteiger partial charge in [-0.2, -0.15) is 0 Å². The second kappa shape index (κ2) is 2.29. The molecule has 1 heterocycles. The lowest BCUT2D eigenvalue weighted by Crippen LogP contribution is -2.13. The van der Waals surface area contributed by atoms with E-state index >= 15 is 0 Å². The van der Waals surface area contributed by atoms with Crippen LogP contribution in [0, 0.1) is 11.8 Å². The lowest BCUT2D eigenvalue weighted by atomic mass is 10.0. The van der Waals surface area contributed by atoms with Gasteiger partial charge in [-0.15, -0.1) is 0 Å². The fourth-order valence-corrected chi connectivity index (χ4v) is 2.86. The van der Waals surface area contributed by atoms with Crippen LogP contribution in [-0.2, 0) is 5.60 Å². The van der Waals surface area contributed by atoms with Crippen LogP contribution in [0.4, 0.5) is 0 Å². The molecule has 0 bridgehead atoms. The van der Waals surface area contributed by atoms with Gasteiger partial charge in [0.2, 0.25) is 0 Å². The first-order valence-corrected chi connectivity index (χ1v) is 4.81. The van der Waals surface area contributed by atoms with Gasteiger partial charge >= 0.3 is 0 Å². The molecule has 2 aliphatic rings. The van der Waals surface area contributed by atoms with E-state index in [4.69, 9.17) is 0 Å². The van der Waals surface area contributed by atoms with Crippen molar-refractivity contribution in [3.05, 3.63) is 24.3 Å². The molecule has 0 aliphatic heterocycles. The third kappa shape index (κ3) is 0.826. The minimum atomic E-state index is -0.570. The highest BCUT2D eigenvalue weighted by Crippen LogP contribution is 2.65. The molecule has 13 heavy (non-hydrogen) atoms. The highest BCUT2D eigenvalue weighted by atomic mass is 16.3. The van der Waals surface area contributed by atoms with Crippen LogP contribution in [0.3, 0.4) is 0 Å². The molecule has 2 saturated carbocycles. The summed E-state index contributed by atoms with van der Waals surface area (Å²) in [5, 5.41) is 10.3. The maximum Gasteiger partial charge on any atom is 0.115 e. The van der Waals surface area contributed by atoms with Crippen LogP contribution in [0.1, 0.15) is 24.8 Å². The number of hydrogen-bond acceptors (Lipinski definition) is 3. The maximum absolute atomic E-state index is 10.3. The molecule has 2 aliphatic carbocycles. The second-order valence-electron chi connectivity index (χ2n) is 4.10. The SMILES string of the molecule is OC1(c2cncnc2)C2CCCC21. The summed E-state index contributed by atoms with van der Waals surface area (Å²) in [7, 11) is 0. The van der Waals surface area contributed by atoms with E-state index in [1.807, 2.05) is 0 Å². The Morgan fingerprint density at radius 1 is 1.23 bits per heavy atom. The van der Waals surface area contributed by atoms with Crippen molar-refractivity contribution in [2.75, 3.05) is 0 Å². The lowest BCUT2D eigenvalue weighted by molar-refractivity contribution is 0.105. The summed E-state index contributed by atoms with van der Waals surface area (Å²) in [5.41, 5.74) is 0.337. The third-order valence-electron chi connectivity index (χ3n) is 3.56. The largest absolute Gasteiger partial charge is 0.384 e. The zero-order chi connectivity index (χ0) is 8.89. The quantitative estimate of drug-likeness (QED) is 0.696. The van der Waals surface area contributed by atoms with E-state index in [1.54, 1.807) is 12.4 Å². The van der Waals surface area contributed by atoms with E-state index in [-0.39, 0.29) is 0 Å². The fraction of sp³-hybridized carbons (Fsp3) is 0.600. The van der Waals surface area contributed by atoms with Crippen LogP contribution in [0.5, 0.6) is 0 Å². The highest BCUT2D eigenvalue weighted by Gasteiger charge is 2.66. The zero-order valence-electron chi connectivity index (χ0n) is 7.35. The molecule has 0 saturated heterocycles. The molecule has 0 spiro atoms. The van der Waals surface area contributed by atoms with E-state index in [1.165, 1.54) is 12.7 Å². The summed E-state index contributed by atoms with van der Waals surface area (Å²) >= 11 is 0. The molecule has 0 aromatic carbocycles. The van der Waals surface area contributed by atoms with Crippen LogP contribution in [-0.4, -0.2) is 15.1 Å². The molecule has 1 aromatic heterocycles. The molecule has 1 aromatic rings. The van der Waals surface area contributed by atoms with Gasteiger partial charge in [-0.25, -0.2) is 9.97 Å². The standard InChI is InChI=1S/C10H12N2O/c13-10(7-4-11-6-12-5-7)8-2-1-3-9(8)10/h4-6,8-9,13H,1-3H2. The third-order valence-corrected chi connectivity index (χ3v) is 3.56. The van der Waals surface area contributed by atoms with Crippen molar-refractivity contribution in [2.45, 2.75) is 24.9 Å². The number of aliphatic hydroxyl groups is 1. The Morgan fingerprint density at radius 3 is 2.46 bits per heavy atom. The first-order chi connectivity index (χ1) is 6.33. The molecular weight excluding hydrogens is 164 g/mol. The van der Waals surface area contributed by atoms with Gasteiger partial charge in [0.25, 0.3) is 0 Å². The van der Waals surface area contributed by atoms with Gasteiger partial charge in [-0.3, -0.25) is 0 Å². The first-order valence-electron chi connectivity index (χ1n) is 4.81. The first kappa shape index (κ1) is 7.44. The van der Waals surface area contributed by atoms with Gasteiger partial charge in [0, 0.05) is 18.0 Å². The molecule has 1 N–H and O–H groups in total. The van der Waals surface area contributed by atoms with E-state index in [9.17, 15) is 5.11 Å². The average molecular weight is 176 g/mol. The number of hydrogen-bond donors (Lipinski definition) is 1. The van der Waals surface area contributed by atoms with E-state index in [0.717, 1.165) is 18.4 Å². The summed E-state index contributed by atoms with van der Waals surface area (Å²) in [5.74, 6) is 0.969. The van der Waals surface area contributed by atoms with Crippen molar-refractivity contribution in [1.29, 1.82) is 0 Å². The monoisotopic (exact) mass is 176 g/mol. The fourth-order valence-electron chi connectivity index (χ4n) is 2.86. The van der Waals surface area contributed by atoms with Crippen molar-refractivity contribution < 1.29 is 5.11 Å². The van der Waals surface area contributed by atoms with Crippen molar-refractivity contribution >= 4 is 0 Å². The molecule has 68 valence electrons. The van der Waals surface area contributed by atoms with Gasteiger partial charge in [0.15, 0.2) is 0 Å². The minimum absolute atomic E-state index is 0.485. The molecular formula is C10H12N2O. The minimum Gasteiger partial charge on any atom is -0.384 e. The number of aromatic nitrogens is 2. The van der Waals surface area contributed by atoms with Crippen molar-refractivity contribution in [3.8, 4) is 0 Å². The highest BCUT2D eigenvalue weighted by molar-refractivity contribution is 5.29. The Labute approximate surface area is 76.8 Å². The van der Waals surface area contributed by atoms with Crippen molar-refractivity contribution in [1.82, 2.24) is 9.97 Å². The van der Waals surface area contributed by atoms with Gasteiger partial charge in [0.1, 0.15) is 6.33 Å². The van der Waals surface area contributed by atoms with Crippen molar-refractivity contribution in [3.63, 3.8) is 0 Å².